The van der Waals surface area contributed by atoms with Crippen LogP contribution < -0.4 is 10.1 Å². The minimum atomic E-state index is -0.406. The quantitative estimate of drug-likeness (QED) is 0.629. The van der Waals surface area contributed by atoms with Crippen molar-refractivity contribution < 1.29 is 14.3 Å². The van der Waals surface area contributed by atoms with Crippen molar-refractivity contribution in [1.82, 2.24) is 14.8 Å². The summed E-state index contributed by atoms with van der Waals surface area (Å²) >= 11 is 6.20. The van der Waals surface area contributed by atoms with Gasteiger partial charge in [-0.25, -0.2) is 9.67 Å². The van der Waals surface area contributed by atoms with Gasteiger partial charge in [0, 0.05) is 12.8 Å². The van der Waals surface area contributed by atoms with Crippen molar-refractivity contribution in [2.24, 2.45) is 0 Å². The number of methoxy groups -OCH3 is 1. The van der Waals surface area contributed by atoms with Crippen LogP contribution in [-0.2, 0) is 4.74 Å². The molecule has 0 fully saturated rings. The van der Waals surface area contributed by atoms with Crippen LogP contribution in [0.2, 0.25) is 5.02 Å². The summed E-state index contributed by atoms with van der Waals surface area (Å²) in [5.41, 5.74) is 1.28. The summed E-state index contributed by atoms with van der Waals surface area (Å²) in [6.07, 6.45) is 0. The molecule has 140 valence electrons. The molecule has 3 rings (SSSR count). The van der Waals surface area contributed by atoms with Gasteiger partial charge in [0.2, 0.25) is 5.82 Å². The highest BCUT2D eigenvalue weighted by Gasteiger charge is 2.16. The van der Waals surface area contributed by atoms with Crippen molar-refractivity contribution in [1.29, 1.82) is 0 Å². The molecule has 0 bridgehead atoms. The van der Waals surface area contributed by atoms with E-state index in [1.165, 1.54) is 0 Å². The number of carbonyl (C=O) groups excluding carboxylic acids is 1. The van der Waals surface area contributed by atoms with Gasteiger partial charge in [-0.05, 0) is 43.3 Å². The second-order valence-electron chi connectivity index (χ2n) is 5.67. The van der Waals surface area contributed by atoms with E-state index in [0.29, 0.717) is 41.2 Å². The second kappa shape index (κ2) is 8.66. The zero-order valence-electron chi connectivity index (χ0n) is 15.0. The van der Waals surface area contributed by atoms with E-state index < -0.39 is 5.91 Å². The van der Waals surface area contributed by atoms with Crippen LogP contribution in [0.1, 0.15) is 16.4 Å². The molecule has 3 aromatic rings. The third-order valence-corrected chi connectivity index (χ3v) is 4.04. The number of benzene rings is 2. The van der Waals surface area contributed by atoms with Crippen LogP contribution in [0, 0.1) is 6.92 Å². The summed E-state index contributed by atoms with van der Waals surface area (Å²) < 4.78 is 12.0. The van der Waals surface area contributed by atoms with Crippen LogP contribution in [0.25, 0.3) is 5.69 Å². The number of ether oxygens (including phenoxy) is 2. The molecular weight excluding hydrogens is 368 g/mol. The Kier molecular flexibility index (Phi) is 6.05. The number of carbonyl (C=O) groups is 1. The molecule has 0 saturated heterocycles. The Morgan fingerprint density at radius 1 is 1.15 bits per heavy atom. The standard InChI is InChI=1S/C19H19ClN4O3/c1-13-21-18(23-24(13)17-6-4-3-5-16(17)20)19(25)22-14-7-9-15(10-8-14)27-12-11-26-2/h3-10H,11-12H2,1-2H3,(H,22,25). The summed E-state index contributed by atoms with van der Waals surface area (Å²) in [5, 5.41) is 7.57. The first-order valence-electron chi connectivity index (χ1n) is 8.30. The zero-order valence-corrected chi connectivity index (χ0v) is 15.7. The Morgan fingerprint density at radius 2 is 1.89 bits per heavy atom. The lowest BCUT2D eigenvalue weighted by atomic mass is 10.3. The number of hydrogen-bond acceptors (Lipinski definition) is 5. The fourth-order valence-electron chi connectivity index (χ4n) is 2.40. The number of aryl methyl sites for hydroxylation is 1. The lowest BCUT2D eigenvalue weighted by Gasteiger charge is -2.07. The molecule has 0 aliphatic heterocycles. The number of rotatable bonds is 7. The monoisotopic (exact) mass is 386 g/mol. The number of halogens is 1. The Hall–Kier alpha value is -2.90. The van der Waals surface area contributed by atoms with Gasteiger partial charge in [0.1, 0.15) is 18.2 Å². The lowest BCUT2D eigenvalue weighted by Crippen LogP contribution is -2.14. The molecule has 0 saturated carbocycles. The van der Waals surface area contributed by atoms with Crippen molar-refractivity contribution >= 4 is 23.2 Å². The molecule has 27 heavy (non-hydrogen) atoms. The molecule has 7 nitrogen and oxygen atoms in total. The maximum absolute atomic E-state index is 12.5. The largest absolute Gasteiger partial charge is 0.491 e. The molecule has 0 unspecified atom stereocenters. The molecule has 1 N–H and O–H groups in total. The van der Waals surface area contributed by atoms with E-state index in [2.05, 4.69) is 15.4 Å². The first-order valence-corrected chi connectivity index (χ1v) is 8.68. The normalized spacial score (nSPS) is 10.6. The number of anilines is 1. The van der Waals surface area contributed by atoms with Crippen molar-refractivity contribution in [3.63, 3.8) is 0 Å². The van der Waals surface area contributed by atoms with E-state index >= 15 is 0 Å². The van der Waals surface area contributed by atoms with Crippen molar-refractivity contribution in [2.45, 2.75) is 6.92 Å². The van der Waals surface area contributed by atoms with Gasteiger partial charge in [-0.1, -0.05) is 23.7 Å². The molecule has 0 atom stereocenters. The zero-order chi connectivity index (χ0) is 19.2. The summed E-state index contributed by atoms with van der Waals surface area (Å²) in [6.45, 7) is 2.74. The van der Waals surface area contributed by atoms with E-state index in [4.69, 9.17) is 21.1 Å². The van der Waals surface area contributed by atoms with E-state index in [1.807, 2.05) is 18.2 Å². The predicted octanol–water partition coefficient (Wildman–Crippen LogP) is 3.51. The predicted molar refractivity (Wildman–Crippen MR) is 103 cm³/mol. The molecule has 8 heteroatoms. The number of para-hydroxylation sites is 1. The molecule has 0 radical (unpaired) electrons. The van der Waals surface area contributed by atoms with Crippen LogP contribution in [0.15, 0.2) is 48.5 Å². The third kappa shape index (κ3) is 4.64. The molecule has 1 heterocycles. The fraction of sp³-hybridized carbons (Fsp3) is 0.211. The average molecular weight is 387 g/mol. The van der Waals surface area contributed by atoms with Gasteiger partial charge in [0.25, 0.3) is 5.91 Å². The highest BCUT2D eigenvalue weighted by molar-refractivity contribution is 6.32. The Bertz CT molecular complexity index is 925. The van der Waals surface area contributed by atoms with Gasteiger partial charge >= 0.3 is 0 Å². The van der Waals surface area contributed by atoms with E-state index in [9.17, 15) is 4.79 Å². The summed E-state index contributed by atoms with van der Waals surface area (Å²) in [5.74, 6) is 0.918. The molecule has 0 spiro atoms. The third-order valence-electron chi connectivity index (χ3n) is 3.72. The number of hydrogen-bond donors (Lipinski definition) is 1. The topological polar surface area (TPSA) is 78.3 Å². The van der Waals surface area contributed by atoms with Gasteiger partial charge in [-0.2, -0.15) is 0 Å². The molecule has 2 aromatic carbocycles. The Morgan fingerprint density at radius 3 is 2.59 bits per heavy atom. The van der Waals surface area contributed by atoms with Crippen LogP contribution in [0.4, 0.5) is 5.69 Å². The van der Waals surface area contributed by atoms with Gasteiger partial charge in [-0.15, -0.1) is 5.10 Å². The van der Waals surface area contributed by atoms with Crippen molar-refractivity contribution in [3.8, 4) is 11.4 Å². The Labute approximate surface area is 161 Å². The highest BCUT2D eigenvalue weighted by atomic mass is 35.5. The fourth-order valence-corrected chi connectivity index (χ4v) is 2.62. The van der Waals surface area contributed by atoms with Gasteiger partial charge in [0.05, 0.1) is 17.3 Å². The van der Waals surface area contributed by atoms with Crippen molar-refractivity contribution in [3.05, 3.63) is 65.2 Å². The molecule has 0 aliphatic rings. The first kappa shape index (κ1) is 18.9. The number of aromatic nitrogens is 3. The Balaban J connectivity index is 1.70. The molecule has 1 amide bonds. The van der Waals surface area contributed by atoms with Crippen LogP contribution in [0.3, 0.4) is 0 Å². The smallest absolute Gasteiger partial charge is 0.295 e. The summed E-state index contributed by atoms with van der Waals surface area (Å²) in [7, 11) is 1.62. The lowest BCUT2D eigenvalue weighted by molar-refractivity contribution is 0.101. The number of amides is 1. The maximum atomic E-state index is 12.5. The van der Waals surface area contributed by atoms with E-state index in [1.54, 1.807) is 49.0 Å². The average Bonchev–Trinajstić information content (AvgIpc) is 3.05. The first-order chi connectivity index (χ1) is 13.1. The molecular formula is C19H19ClN4O3. The SMILES string of the molecule is COCCOc1ccc(NC(=O)c2nc(C)n(-c3ccccc3Cl)n2)cc1. The van der Waals surface area contributed by atoms with Gasteiger partial charge in [0.15, 0.2) is 0 Å². The van der Waals surface area contributed by atoms with Crippen LogP contribution in [0.5, 0.6) is 5.75 Å². The van der Waals surface area contributed by atoms with Crippen LogP contribution in [-0.4, -0.2) is 41.0 Å². The minimum absolute atomic E-state index is 0.0628. The highest BCUT2D eigenvalue weighted by Crippen LogP contribution is 2.21. The number of nitrogens with zero attached hydrogens (tertiary/aromatic N) is 3. The second-order valence-corrected chi connectivity index (χ2v) is 6.07. The van der Waals surface area contributed by atoms with E-state index in [0.717, 1.165) is 0 Å². The van der Waals surface area contributed by atoms with Gasteiger partial charge < -0.3 is 14.8 Å². The van der Waals surface area contributed by atoms with Crippen LogP contribution >= 0.6 is 11.6 Å². The number of nitrogens with one attached hydrogen (secondary N) is 1. The van der Waals surface area contributed by atoms with E-state index in [-0.39, 0.29) is 5.82 Å². The van der Waals surface area contributed by atoms with Crippen molar-refractivity contribution in [2.75, 3.05) is 25.6 Å². The van der Waals surface area contributed by atoms with Gasteiger partial charge in [-0.3, -0.25) is 4.79 Å². The summed E-state index contributed by atoms with van der Waals surface area (Å²) in [4.78, 5) is 16.7. The molecule has 0 aliphatic carbocycles. The summed E-state index contributed by atoms with van der Waals surface area (Å²) in [6, 6.07) is 14.3. The maximum Gasteiger partial charge on any atom is 0.295 e. The molecule has 1 aromatic heterocycles. The minimum Gasteiger partial charge on any atom is -0.491 e.